The molecule has 2 aromatic heterocycles. The molecule has 3 heterocycles. The van der Waals surface area contributed by atoms with Crippen molar-refractivity contribution < 1.29 is 0 Å². The summed E-state index contributed by atoms with van der Waals surface area (Å²) in [5, 5.41) is 14.5. The lowest BCUT2D eigenvalue weighted by Crippen LogP contribution is -2.29. The Morgan fingerprint density at radius 1 is 0.963 bits per heavy atom. The molecule has 0 radical (unpaired) electrons. The molecule has 138 valence electrons. The van der Waals surface area contributed by atoms with Gasteiger partial charge in [0.05, 0.1) is 6.20 Å². The molecule has 0 atom stereocenters. The smallest absolute Gasteiger partial charge is 0.249 e. The Kier molecular flexibility index (Phi) is 5.38. The van der Waals surface area contributed by atoms with Crippen LogP contribution in [0, 0.1) is 0 Å². The van der Waals surface area contributed by atoms with Crippen molar-refractivity contribution in [3.05, 3.63) is 60.6 Å². The predicted molar refractivity (Wildman–Crippen MR) is 107 cm³/mol. The van der Waals surface area contributed by atoms with Crippen LogP contribution in [-0.2, 0) is 6.54 Å². The molecular weight excluding hydrogens is 338 g/mol. The first-order chi connectivity index (χ1) is 13.4. The molecule has 7 heteroatoms. The van der Waals surface area contributed by atoms with Gasteiger partial charge in [-0.2, -0.15) is 10.1 Å². The van der Waals surface area contributed by atoms with E-state index in [1.807, 2.05) is 18.3 Å². The van der Waals surface area contributed by atoms with E-state index in [0.29, 0.717) is 18.3 Å². The molecule has 1 fully saturated rings. The second kappa shape index (κ2) is 8.44. The van der Waals surface area contributed by atoms with Crippen LogP contribution in [0.4, 0.5) is 23.1 Å². The van der Waals surface area contributed by atoms with Crippen LogP contribution in [0.15, 0.2) is 55.0 Å². The van der Waals surface area contributed by atoms with Crippen LogP contribution < -0.4 is 15.5 Å². The Labute approximate surface area is 158 Å². The highest BCUT2D eigenvalue weighted by atomic mass is 15.3. The highest BCUT2D eigenvalue weighted by molar-refractivity contribution is 5.59. The van der Waals surface area contributed by atoms with E-state index in [0.717, 1.165) is 24.3 Å². The zero-order valence-corrected chi connectivity index (χ0v) is 15.2. The number of benzene rings is 1. The molecule has 1 aromatic carbocycles. The summed E-state index contributed by atoms with van der Waals surface area (Å²) in [6, 6.07) is 12.3. The van der Waals surface area contributed by atoms with Gasteiger partial charge in [0, 0.05) is 43.4 Å². The summed E-state index contributed by atoms with van der Waals surface area (Å²) in [5.74, 6) is 1.14. The van der Waals surface area contributed by atoms with Gasteiger partial charge in [-0.25, -0.2) is 0 Å². The van der Waals surface area contributed by atoms with E-state index in [2.05, 4.69) is 60.0 Å². The van der Waals surface area contributed by atoms with Gasteiger partial charge < -0.3 is 15.5 Å². The Hall–Kier alpha value is -3.22. The number of anilines is 4. The summed E-state index contributed by atoms with van der Waals surface area (Å²) in [7, 11) is 0. The van der Waals surface area contributed by atoms with E-state index >= 15 is 0 Å². The number of pyridine rings is 1. The van der Waals surface area contributed by atoms with Gasteiger partial charge >= 0.3 is 0 Å². The third-order valence-corrected chi connectivity index (χ3v) is 4.60. The number of hydrogen-bond donors (Lipinski definition) is 2. The molecule has 0 spiro atoms. The summed E-state index contributed by atoms with van der Waals surface area (Å²) in [6.45, 7) is 2.92. The van der Waals surface area contributed by atoms with Crippen LogP contribution in [-0.4, -0.2) is 33.3 Å². The number of rotatable bonds is 6. The number of piperidine rings is 1. The molecule has 0 amide bonds. The zero-order valence-electron chi connectivity index (χ0n) is 15.2. The van der Waals surface area contributed by atoms with Crippen molar-refractivity contribution in [3.63, 3.8) is 0 Å². The highest BCUT2D eigenvalue weighted by Crippen LogP contribution is 2.23. The molecule has 1 aliphatic heterocycles. The fourth-order valence-corrected chi connectivity index (χ4v) is 3.17. The maximum absolute atomic E-state index is 4.47. The van der Waals surface area contributed by atoms with Crippen LogP contribution in [0.5, 0.6) is 0 Å². The van der Waals surface area contributed by atoms with Gasteiger partial charge in [-0.05, 0) is 55.2 Å². The van der Waals surface area contributed by atoms with Crippen molar-refractivity contribution in [1.29, 1.82) is 0 Å². The lowest BCUT2D eigenvalue weighted by atomic mass is 10.1. The molecule has 1 aliphatic rings. The second-order valence-electron chi connectivity index (χ2n) is 6.60. The molecule has 0 aliphatic carbocycles. The standard InChI is InChI=1S/C20H23N7/c1-2-11-27(12-3-1)18-8-6-17(7-9-18)24-20-25-19(15-23-26-20)22-14-16-5-4-10-21-13-16/h4-10,13,15H,1-3,11-12,14H2,(H2,22,24,25,26). The van der Waals surface area contributed by atoms with Crippen LogP contribution in [0.25, 0.3) is 0 Å². The topological polar surface area (TPSA) is 78.9 Å². The van der Waals surface area contributed by atoms with Crippen molar-refractivity contribution in [1.82, 2.24) is 20.2 Å². The average Bonchev–Trinajstić information content (AvgIpc) is 2.75. The molecular formula is C20H23N7. The van der Waals surface area contributed by atoms with Gasteiger partial charge in [0.2, 0.25) is 5.95 Å². The second-order valence-corrected chi connectivity index (χ2v) is 6.60. The van der Waals surface area contributed by atoms with Gasteiger partial charge in [0.1, 0.15) is 0 Å². The average molecular weight is 361 g/mol. The first-order valence-electron chi connectivity index (χ1n) is 9.31. The van der Waals surface area contributed by atoms with Crippen LogP contribution in [0.2, 0.25) is 0 Å². The Balaban J connectivity index is 1.37. The van der Waals surface area contributed by atoms with Crippen LogP contribution in [0.1, 0.15) is 24.8 Å². The van der Waals surface area contributed by atoms with Crippen LogP contribution in [0.3, 0.4) is 0 Å². The molecule has 0 saturated carbocycles. The van der Waals surface area contributed by atoms with E-state index in [-0.39, 0.29) is 0 Å². The third kappa shape index (κ3) is 4.69. The monoisotopic (exact) mass is 361 g/mol. The van der Waals surface area contributed by atoms with Crippen molar-refractivity contribution in [2.45, 2.75) is 25.8 Å². The summed E-state index contributed by atoms with van der Waals surface area (Å²) in [6.07, 6.45) is 9.09. The largest absolute Gasteiger partial charge is 0.372 e. The number of aromatic nitrogens is 4. The number of nitrogens with zero attached hydrogens (tertiary/aromatic N) is 5. The first kappa shape index (κ1) is 17.2. The molecule has 0 bridgehead atoms. The van der Waals surface area contributed by atoms with Gasteiger partial charge in [-0.15, -0.1) is 5.10 Å². The first-order valence-corrected chi connectivity index (χ1v) is 9.31. The minimum atomic E-state index is 0.469. The molecule has 2 N–H and O–H groups in total. The SMILES string of the molecule is c1cncc(CNc2cnnc(Nc3ccc(N4CCCCC4)cc3)n2)c1. The molecule has 3 aromatic rings. The maximum atomic E-state index is 4.47. The quantitative estimate of drug-likeness (QED) is 0.694. The van der Waals surface area contributed by atoms with Gasteiger partial charge in [-0.3, -0.25) is 4.98 Å². The summed E-state index contributed by atoms with van der Waals surface area (Å²) < 4.78 is 0. The normalized spacial score (nSPS) is 14.0. The summed E-state index contributed by atoms with van der Waals surface area (Å²) in [5.41, 5.74) is 3.30. The van der Waals surface area contributed by atoms with E-state index in [9.17, 15) is 0 Å². The van der Waals surface area contributed by atoms with E-state index in [1.54, 1.807) is 12.4 Å². The van der Waals surface area contributed by atoms with E-state index in [4.69, 9.17) is 0 Å². The molecule has 0 unspecified atom stereocenters. The predicted octanol–water partition coefficient (Wildman–Crippen LogP) is 3.61. The maximum Gasteiger partial charge on any atom is 0.249 e. The fourth-order valence-electron chi connectivity index (χ4n) is 3.17. The van der Waals surface area contributed by atoms with Gasteiger partial charge in [-0.1, -0.05) is 6.07 Å². The van der Waals surface area contributed by atoms with E-state index in [1.165, 1.54) is 24.9 Å². The van der Waals surface area contributed by atoms with Crippen molar-refractivity contribution in [3.8, 4) is 0 Å². The highest BCUT2D eigenvalue weighted by Gasteiger charge is 2.10. The Bertz CT molecular complexity index is 846. The number of hydrogen-bond acceptors (Lipinski definition) is 7. The fraction of sp³-hybridized carbons (Fsp3) is 0.300. The van der Waals surface area contributed by atoms with Crippen molar-refractivity contribution >= 4 is 23.1 Å². The minimum absolute atomic E-state index is 0.469. The van der Waals surface area contributed by atoms with E-state index < -0.39 is 0 Å². The third-order valence-electron chi connectivity index (χ3n) is 4.60. The molecule has 27 heavy (non-hydrogen) atoms. The van der Waals surface area contributed by atoms with Crippen LogP contribution >= 0.6 is 0 Å². The lowest BCUT2D eigenvalue weighted by Gasteiger charge is -2.28. The summed E-state index contributed by atoms with van der Waals surface area (Å²) >= 11 is 0. The lowest BCUT2D eigenvalue weighted by molar-refractivity contribution is 0.578. The Morgan fingerprint density at radius 2 is 1.81 bits per heavy atom. The minimum Gasteiger partial charge on any atom is -0.372 e. The van der Waals surface area contributed by atoms with Crippen molar-refractivity contribution in [2.24, 2.45) is 0 Å². The van der Waals surface area contributed by atoms with Gasteiger partial charge in [0.15, 0.2) is 5.82 Å². The van der Waals surface area contributed by atoms with Gasteiger partial charge in [0.25, 0.3) is 0 Å². The summed E-state index contributed by atoms with van der Waals surface area (Å²) in [4.78, 5) is 11.0. The molecule has 4 rings (SSSR count). The molecule has 7 nitrogen and oxygen atoms in total. The Morgan fingerprint density at radius 3 is 2.59 bits per heavy atom. The zero-order chi connectivity index (χ0) is 18.3. The number of nitrogens with one attached hydrogen (secondary N) is 2. The van der Waals surface area contributed by atoms with Crippen molar-refractivity contribution in [2.75, 3.05) is 28.6 Å². The molecule has 1 saturated heterocycles.